The molecule has 0 fully saturated rings. The third kappa shape index (κ3) is 6.07. The number of rotatable bonds is 9. The quantitative estimate of drug-likeness (QED) is 0.336. The summed E-state index contributed by atoms with van der Waals surface area (Å²) in [6.07, 6.45) is -1.97. The van der Waals surface area contributed by atoms with Crippen LogP contribution in [0.1, 0.15) is 47.5 Å². The summed E-state index contributed by atoms with van der Waals surface area (Å²) >= 11 is 0. The molecule has 0 heterocycles. The van der Waals surface area contributed by atoms with Gasteiger partial charge in [-0.1, -0.05) is 60.7 Å². The summed E-state index contributed by atoms with van der Waals surface area (Å²) in [7, 11) is 1.54. The van der Waals surface area contributed by atoms with Gasteiger partial charge in [-0.15, -0.1) is 0 Å². The van der Waals surface area contributed by atoms with E-state index in [1.54, 1.807) is 72.8 Å². The monoisotopic (exact) mass is 446 g/mol. The van der Waals surface area contributed by atoms with Gasteiger partial charge in [0.1, 0.15) is 23.9 Å². The van der Waals surface area contributed by atoms with E-state index in [1.165, 1.54) is 21.0 Å². The molecule has 0 unspecified atom stereocenters. The molecule has 0 N–H and O–H groups in total. The van der Waals surface area contributed by atoms with E-state index < -0.39 is 30.1 Å². The molecule has 6 heteroatoms. The molecule has 0 radical (unpaired) electrons. The second-order valence-corrected chi connectivity index (χ2v) is 7.50. The zero-order chi connectivity index (χ0) is 23.8. The molecule has 33 heavy (non-hydrogen) atoms. The Labute approximate surface area is 193 Å². The maximum absolute atomic E-state index is 13.9. The zero-order valence-electron chi connectivity index (χ0n) is 18.8. The van der Waals surface area contributed by atoms with E-state index in [0.717, 1.165) is 0 Å². The molecule has 170 valence electrons. The van der Waals surface area contributed by atoms with E-state index in [-0.39, 0.29) is 5.78 Å². The topological polar surface area (TPSA) is 78.9 Å². The van der Waals surface area contributed by atoms with E-state index in [1.807, 2.05) is 12.1 Å². The van der Waals surface area contributed by atoms with Gasteiger partial charge in [0.25, 0.3) is 0 Å². The van der Waals surface area contributed by atoms with Crippen LogP contribution in [0, 0.1) is 5.92 Å². The van der Waals surface area contributed by atoms with Crippen LogP contribution in [0.25, 0.3) is 0 Å². The minimum Gasteiger partial charge on any atom is -0.497 e. The van der Waals surface area contributed by atoms with Crippen molar-refractivity contribution >= 4 is 17.7 Å². The number of ether oxygens (including phenoxy) is 3. The van der Waals surface area contributed by atoms with Gasteiger partial charge in [-0.05, 0) is 35.4 Å². The van der Waals surface area contributed by atoms with Gasteiger partial charge in [0.2, 0.25) is 0 Å². The molecule has 0 aliphatic carbocycles. The van der Waals surface area contributed by atoms with Crippen LogP contribution in [0.2, 0.25) is 0 Å². The van der Waals surface area contributed by atoms with Crippen molar-refractivity contribution in [1.82, 2.24) is 0 Å². The summed E-state index contributed by atoms with van der Waals surface area (Å²) in [6.45, 7) is 2.57. The highest BCUT2D eigenvalue weighted by molar-refractivity contribution is 5.99. The second-order valence-electron chi connectivity index (χ2n) is 7.50. The Kier molecular flexibility index (Phi) is 7.97. The molecule has 0 aliphatic rings. The number of esters is 2. The van der Waals surface area contributed by atoms with E-state index in [4.69, 9.17) is 14.2 Å². The summed E-state index contributed by atoms with van der Waals surface area (Å²) in [4.78, 5) is 38.1. The van der Waals surface area contributed by atoms with Crippen LogP contribution < -0.4 is 4.74 Å². The molecule has 3 aromatic rings. The Hall–Kier alpha value is -3.93. The fourth-order valence-corrected chi connectivity index (χ4v) is 3.72. The van der Waals surface area contributed by atoms with Crippen LogP contribution in [0.4, 0.5) is 0 Å². The van der Waals surface area contributed by atoms with Crippen molar-refractivity contribution in [3.63, 3.8) is 0 Å². The summed E-state index contributed by atoms with van der Waals surface area (Å²) in [5.41, 5.74) is 1.61. The lowest BCUT2D eigenvalue weighted by Crippen LogP contribution is -2.33. The third-order valence-electron chi connectivity index (χ3n) is 5.17. The fraction of sp³-hybridized carbons (Fsp3) is 0.222. The maximum Gasteiger partial charge on any atom is 0.303 e. The Morgan fingerprint density at radius 2 is 1.06 bits per heavy atom. The normalized spacial score (nSPS) is 12.5. The van der Waals surface area contributed by atoms with E-state index in [9.17, 15) is 14.4 Å². The molecular formula is C27H26O6. The van der Waals surface area contributed by atoms with Gasteiger partial charge < -0.3 is 14.2 Å². The van der Waals surface area contributed by atoms with Crippen LogP contribution >= 0.6 is 0 Å². The molecule has 0 spiro atoms. The van der Waals surface area contributed by atoms with Crippen molar-refractivity contribution in [2.24, 2.45) is 5.92 Å². The standard InChI is InChI=1S/C27H26O6/c1-18(28)32-26(21-10-6-4-7-11-21)24(25(30)20-14-16-23(31-3)17-15-20)27(33-19(2)29)22-12-8-5-9-13-22/h4-17,24,26-27H,1-3H3/t26-,27-/m0/s1. The molecular weight excluding hydrogens is 420 g/mol. The molecule has 0 aliphatic heterocycles. The van der Waals surface area contributed by atoms with Gasteiger partial charge in [0, 0.05) is 19.4 Å². The Bertz CT molecular complexity index is 1020. The maximum atomic E-state index is 13.9. The van der Waals surface area contributed by atoms with Crippen molar-refractivity contribution in [3.05, 3.63) is 102 Å². The number of carbonyl (C=O) groups is 3. The minimum atomic E-state index is -1.03. The first kappa shape index (κ1) is 23.7. The molecule has 0 saturated carbocycles. The van der Waals surface area contributed by atoms with E-state index >= 15 is 0 Å². The highest BCUT2D eigenvalue weighted by Gasteiger charge is 2.41. The molecule has 2 atom stereocenters. The predicted octanol–water partition coefficient (Wildman–Crippen LogP) is 5.10. The number of ketones is 1. The molecule has 0 saturated heterocycles. The number of hydrogen-bond acceptors (Lipinski definition) is 6. The number of Topliss-reactive ketones (excluding diaryl/α,β-unsaturated/α-hetero) is 1. The van der Waals surface area contributed by atoms with Gasteiger partial charge in [0.05, 0.1) is 7.11 Å². The number of benzene rings is 3. The van der Waals surface area contributed by atoms with Gasteiger partial charge >= 0.3 is 11.9 Å². The number of methoxy groups -OCH3 is 1. The van der Waals surface area contributed by atoms with Gasteiger partial charge in [-0.2, -0.15) is 0 Å². The summed E-state index contributed by atoms with van der Waals surface area (Å²) in [6, 6.07) is 24.6. The smallest absolute Gasteiger partial charge is 0.303 e. The molecule has 3 aromatic carbocycles. The lowest BCUT2D eigenvalue weighted by Gasteiger charge is -2.32. The van der Waals surface area contributed by atoms with Gasteiger partial charge in [0.15, 0.2) is 5.78 Å². The van der Waals surface area contributed by atoms with Crippen LogP contribution in [0.15, 0.2) is 84.9 Å². The lowest BCUT2D eigenvalue weighted by atomic mass is 9.81. The largest absolute Gasteiger partial charge is 0.497 e. The summed E-state index contributed by atoms with van der Waals surface area (Å²) < 4.78 is 16.6. The van der Waals surface area contributed by atoms with Crippen molar-refractivity contribution < 1.29 is 28.6 Å². The number of hydrogen-bond donors (Lipinski definition) is 0. The average molecular weight is 446 g/mol. The van der Waals surface area contributed by atoms with Crippen molar-refractivity contribution in [3.8, 4) is 5.75 Å². The molecule has 3 rings (SSSR count). The zero-order valence-corrected chi connectivity index (χ0v) is 18.8. The van der Waals surface area contributed by atoms with Crippen molar-refractivity contribution in [2.75, 3.05) is 7.11 Å². The summed E-state index contributed by atoms with van der Waals surface area (Å²) in [5.74, 6) is -1.86. The minimum absolute atomic E-state index is 0.331. The fourth-order valence-electron chi connectivity index (χ4n) is 3.72. The van der Waals surface area contributed by atoms with Crippen LogP contribution in [0.5, 0.6) is 5.75 Å². The average Bonchev–Trinajstić information content (AvgIpc) is 2.83. The van der Waals surface area contributed by atoms with E-state index in [2.05, 4.69) is 0 Å². The Morgan fingerprint density at radius 1 is 0.636 bits per heavy atom. The Morgan fingerprint density at radius 3 is 1.42 bits per heavy atom. The molecule has 0 aromatic heterocycles. The Balaban J connectivity index is 2.18. The van der Waals surface area contributed by atoms with Crippen LogP contribution in [0.3, 0.4) is 0 Å². The summed E-state index contributed by atoms with van der Waals surface area (Å²) in [5, 5.41) is 0. The van der Waals surface area contributed by atoms with E-state index in [0.29, 0.717) is 22.4 Å². The first-order valence-electron chi connectivity index (χ1n) is 10.5. The highest BCUT2D eigenvalue weighted by atomic mass is 16.6. The van der Waals surface area contributed by atoms with Crippen molar-refractivity contribution in [2.45, 2.75) is 26.1 Å². The number of carbonyl (C=O) groups excluding carboxylic acids is 3. The third-order valence-corrected chi connectivity index (χ3v) is 5.17. The molecule has 0 amide bonds. The predicted molar refractivity (Wildman–Crippen MR) is 123 cm³/mol. The van der Waals surface area contributed by atoms with Gasteiger partial charge in [-0.3, -0.25) is 14.4 Å². The molecule has 6 nitrogen and oxygen atoms in total. The lowest BCUT2D eigenvalue weighted by molar-refractivity contribution is -0.157. The van der Waals surface area contributed by atoms with Crippen molar-refractivity contribution in [1.29, 1.82) is 0 Å². The molecule has 0 bridgehead atoms. The first-order valence-corrected chi connectivity index (χ1v) is 10.5. The van der Waals surface area contributed by atoms with Gasteiger partial charge in [-0.25, -0.2) is 0 Å². The van der Waals surface area contributed by atoms with Crippen LogP contribution in [-0.4, -0.2) is 24.8 Å². The second kappa shape index (κ2) is 11.1. The highest BCUT2D eigenvalue weighted by Crippen LogP contribution is 2.40. The van der Waals surface area contributed by atoms with Crippen LogP contribution in [-0.2, 0) is 19.1 Å². The first-order chi connectivity index (χ1) is 15.9. The SMILES string of the molecule is COc1ccc(C(=O)C([C@@H](OC(C)=O)c2ccccc2)[C@@H](OC(C)=O)c2ccccc2)cc1.